The Morgan fingerprint density at radius 1 is 0.879 bits per heavy atom. The average molecular weight is 508 g/mol. The fourth-order valence-electron chi connectivity index (χ4n) is 3.01. The normalized spacial score (nSPS) is 11.0. The summed E-state index contributed by atoms with van der Waals surface area (Å²) < 4.78 is 6.16. The molecule has 0 aliphatic carbocycles. The SMILES string of the molecule is C/C(=N\NC(=O)C(=O)Nc1ccc(C)cc1C)c1ccccc1OC(=O)c1ccccc1Br. The van der Waals surface area contributed by atoms with Gasteiger partial charge in [-0.25, -0.2) is 10.2 Å². The number of aryl methyl sites for hydroxylation is 2. The lowest BCUT2D eigenvalue weighted by Crippen LogP contribution is -2.33. The van der Waals surface area contributed by atoms with Crippen molar-refractivity contribution in [1.29, 1.82) is 0 Å². The minimum absolute atomic E-state index is 0.272. The molecule has 0 atom stereocenters. The summed E-state index contributed by atoms with van der Waals surface area (Å²) >= 11 is 3.33. The Balaban J connectivity index is 1.70. The quantitative estimate of drug-likeness (QED) is 0.171. The third-order valence-electron chi connectivity index (χ3n) is 4.73. The van der Waals surface area contributed by atoms with Gasteiger partial charge in [0.05, 0.1) is 11.3 Å². The van der Waals surface area contributed by atoms with Crippen molar-refractivity contribution in [2.75, 3.05) is 5.32 Å². The number of hydrogen-bond donors (Lipinski definition) is 2. The van der Waals surface area contributed by atoms with E-state index < -0.39 is 17.8 Å². The summed E-state index contributed by atoms with van der Waals surface area (Å²) in [7, 11) is 0. The van der Waals surface area contributed by atoms with Crippen LogP contribution < -0.4 is 15.5 Å². The zero-order chi connectivity index (χ0) is 24.0. The Labute approximate surface area is 200 Å². The maximum Gasteiger partial charge on any atom is 0.344 e. The molecule has 0 aliphatic rings. The van der Waals surface area contributed by atoms with Crippen molar-refractivity contribution in [2.24, 2.45) is 5.10 Å². The molecule has 0 spiro atoms. The van der Waals surface area contributed by atoms with Gasteiger partial charge in [-0.15, -0.1) is 0 Å². The van der Waals surface area contributed by atoms with Crippen molar-refractivity contribution < 1.29 is 19.1 Å². The Morgan fingerprint density at radius 3 is 2.24 bits per heavy atom. The van der Waals surface area contributed by atoms with E-state index in [4.69, 9.17) is 4.74 Å². The Kier molecular flexibility index (Phi) is 7.74. The van der Waals surface area contributed by atoms with E-state index in [1.54, 1.807) is 61.5 Å². The number of halogens is 1. The first-order valence-electron chi connectivity index (χ1n) is 10.0. The number of nitrogens with zero attached hydrogens (tertiary/aromatic N) is 1. The summed E-state index contributed by atoms with van der Waals surface area (Å²) in [5, 5.41) is 6.58. The molecule has 3 aromatic rings. The van der Waals surface area contributed by atoms with Crippen molar-refractivity contribution >= 4 is 45.1 Å². The van der Waals surface area contributed by atoms with Crippen LogP contribution in [0.25, 0.3) is 0 Å². The summed E-state index contributed by atoms with van der Waals surface area (Å²) in [6.45, 7) is 5.42. The van der Waals surface area contributed by atoms with Crippen molar-refractivity contribution in [2.45, 2.75) is 20.8 Å². The maximum absolute atomic E-state index is 12.6. The highest BCUT2D eigenvalue weighted by Crippen LogP contribution is 2.23. The summed E-state index contributed by atoms with van der Waals surface area (Å²) in [5.74, 6) is -2.03. The minimum atomic E-state index is -0.919. The van der Waals surface area contributed by atoms with Crippen LogP contribution in [0, 0.1) is 13.8 Å². The van der Waals surface area contributed by atoms with E-state index in [2.05, 4.69) is 31.8 Å². The van der Waals surface area contributed by atoms with Gasteiger partial charge in [-0.1, -0.05) is 42.0 Å². The smallest absolute Gasteiger partial charge is 0.344 e. The molecule has 0 aromatic heterocycles. The second kappa shape index (κ2) is 10.7. The number of ether oxygens (including phenoxy) is 1. The predicted octanol–water partition coefficient (Wildman–Crippen LogP) is 4.76. The van der Waals surface area contributed by atoms with Gasteiger partial charge in [0.25, 0.3) is 0 Å². The van der Waals surface area contributed by atoms with Crippen LogP contribution in [0.4, 0.5) is 5.69 Å². The molecule has 0 unspecified atom stereocenters. The van der Waals surface area contributed by atoms with Crippen molar-refractivity contribution in [3.63, 3.8) is 0 Å². The fraction of sp³-hybridized carbons (Fsp3) is 0.120. The van der Waals surface area contributed by atoms with E-state index in [0.29, 0.717) is 27.0 Å². The topological polar surface area (TPSA) is 96.9 Å². The third kappa shape index (κ3) is 6.14. The molecule has 33 heavy (non-hydrogen) atoms. The Morgan fingerprint density at radius 2 is 1.55 bits per heavy atom. The van der Waals surface area contributed by atoms with Crippen LogP contribution in [0.1, 0.15) is 34.0 Å². The second-order valence-electron chi connectivity index (χ2n) is 7.28. The van der Waals surface area contributed by atoms with Crippen LogP contribution in [0.15, 0.2) is 76.3 Å². The van der Waals surface area contributed by atoms with Crippen LogP contribution >= 0.6 is 15.9 Å². The molecule has 0 heterocycles. The molecule has 168 valence electrons. The molecule has 8 heteroatoms. The predicted molar refractivity (Wildman–Crippen MR) is 130 cm³/mol. The van der Waals surface area contributed by atoms with E-state index in [1.807, 2.05) is 26.0 Å². The first kappa shape index (κ1) is 23.9. The molecular weight excluding hydrogens is 486 g/mol. The number of benzene rings is 3. The molecule has 3 aromatic carbocycles. The summed E-state index contributed by atoms with van der Waals surface area (Å²) in [4.78, 5) is 37.0. The summed E-state index contributed by atoms with van der Waals surface area (Å²) in [6, 6.07) is 19.2. The van der Waals surface area contributed by atoms with Gasteiger partial charge in [-0.3, -0.25) is 9.59 Å². The van der Waals surface area contributed by atoms with E-state index in [0.717, 1.165) is 11.1 Å². The third-order valence-corrected chi connectivity index (χ3v) is 5.43. The zero-order valence-electron chi connectivity index (χ0n) is 18.3. The summed E-state index contributed by atoms with van der Waals surface area (Å²) in [6.07, 6.45) is 0. The molecule has 0 bridgehead atoms. The zero-order valence-corrected chi connectivity index (χ0v) is 19.9. The van der Waals surface area contributed by atoms with Gasteiger partial charge in [0, 0.05) is 15.7 Å². The van der Waals surface area contributed by atoms with Gasteiger partial charge < -0.3 is 10.1 Å². The van der Waals surface area contributed by atoms with Crippen molar-refractivity contribution in [3.05, 3.63) is 93.5 Å². The number of nitrogens with one attached hydrogen (secondary N) is 2. The molecule has 2 N–H and O–H groups in total. The number of carbonyl (C=O) groups is 3. The Bertz CT molecular complexity index is 1250. The number of anilines is 1. The second-order valence-corrected chi connectivity index (χ2v) is 8.13. The van der Waals surface area contributed by atoms with Gasteiger partial charge in [-0.05, 0) is 72.6 Å². The average Bonchev–Trinajstić information content (AvgIpc) is 2.79. The van der Waals surface area contributed by atoms with E-state index in [9.17, 15) is 14.4 Å². The van der Waals surface area contributed by atoms with Gasteiger partial charge >= 0.3 is 17.8 Å². The highest BCUT2D eigenvalue weighted by atomic mass is 79.9. The summed E-state index contributed by atoms with van der Waals surface area (Å²) in [5.41, 5.74) is 5.91. The standard InChI is InChI=1S/C25H22BrN3O4/c1-15-12-13-21(16(2)14-15)27-23(30)24(31)29-28-17(3)18-8-5-7-11-22(18)33-25(32)19-9-4-6-10-20(19)26/h4-14H,1-3H3,(H,27,30)(H,29,31)/b28-17+. The van der Waals surface area contributed by atoms with E-state index in [1.165, 1.54) is 0 Å². The van der Waals surface area contributed by atoms with E-state index in [-0.39, 0.29) is 5.75 Å². The number of para-hydroxylation sites is 1. The molecule has 0 radical (unpaired) electrons. The molecule has 0 saturated heterocycles. The number of amides is 2. The van der Waals surface area contributed by atoms with Crippen LogP contribution in [-0.4, -0.2) is 23.5 Å². The fourth-order valence-corrected chi connectivity index (χ4v) is 3.46. The van der Waals surface area contributed by atoms with Gasteiger partial charge in [-0.2, -0.15) is 5.10 Å². The number of esters is 1. The van der Waals surface area contributed by atoms with Crippen molar-refractivity contribution in [3.8, 4) is 5.75 Å². The van der Waals surface area contributed by atoms with E-state index >= 15 is 0 Å². The van der Waals surface area contributed by atoms with Gasteiger partial charge in [0.1, 0.15) is 5.75 Å². The lowest BCUT2D eigenvalue weighted by molar-refractivity contribution is -0.136. The molecule has 7 nitrogen and oxygen atoms in total. The first-order valence-corrected chi connectivity index (χ1v) is 10.8. The monoisotopic (exact) mass is 507 g/mol. The van der Waals surface area contributed by atoms with Crippen LogP contribution in [0.5, 0.6) is 5.75 Å². The lowest BCUT2D eigenvalue weighted by atomic mass is 10.1. The molecule has 0 saturated carbocycles. The van der Waals surface area contributed by atoms with Crippen LogP contribution in [0.2, 0.25) is 0 Å². The molecular formula is C25H22BrN3O4. The van der Waals surface area contributed by atoms with Crippen molar-refractivity contribution in [1.82, 2.24) is 5.43 Å². The van der Waals surface area contributed by atoms with Crippen LogP contribution in [0.3, 0.4) is 0 Å². The maximum atomic E-state index is 12.6. The highest BCUT2D eigenvalue weighted by molar-refractivity contribution is 9.10. The number of hydrazone groups is 1. The first-order chi connectivity index (χ1) is 15.8. The molecule has 0 aliphatic heterocycles. The highest BCUT2D eigenvalue weighted by Gasteiger charge is 2.17. The number of rotatable bonds is 5. The number of carbonyl (C=O) groups excluding carboxylic acids is 3. The molecule has 2 amide bonds. The largest absolute Gasteiger partial charge is 0.422 e. The van der Waals surface area contributed by atoms with Crippen LogP contribution in [-0.2, 0) is 9.59 Å². The van der Waals surface area contributed by atoms with Gasteiger partial charge in [0.2, 0.25) is 0 Å². The molecule has 3 rings (SSSR count). The number of hydrogen-bond acceptors (Lipinski definition) is 5. The minimum Gasteiger partial charge on any atom is -0.422 e. The lowest BCUT2D eigenvalue weighted by Gasteiger charge is -2.11. The molecule has 0 fully saturated rings. The van der Waals surface area contributed by atoms with Gasteiger partial charge in [0.15, 0.2) is 0 Å². The Hall–Kier alpha value is -3.78.